The van der Waals surface area contributed by atoms with Gasteiger partial charge in [-0.1, -0.05) is 18.3 Å². The number of rotatable bonds is 5. The molecule has 0 atom stereocenters. The van der Waals surface area contributed by atoms with E-state index in [1.54, 1.807) is 0 Å². The molecule has 2 heterocycles. The lowest BCUT2D eigenvalue weighted by atomic mass is 9.84. The van der Waals surface area contributed by atoms with Crippen LogP contribution in [0.2, 0.25) is 0 Å². The normalized spacial score (nSPS) is 19.7. The molecule has 2 aromatic heterocycles. The predicted octanol–water partition coefficient (Wildman–Crippen LogP) is 5.61. The SMILES string of the molecule is CC(=S)[C@H]1CC[C@H](n2cc(NC(=O)c3cccc(C(F)(F)F)n3)c(C(F)F)n2)CC1. The van der Waals surface area contributed by atoms with Gasteiger partial charge in [0.05, 0.1) is 11.7 Å². The summed E-state index contributed by atoms with van der Waals surface area (Å²) < 4.78 is 66.7. The minimum absolute atomic E-state index is 0.120. The van der Waals surface area contributed by atoms with Crippen LogP contribution in [0.4, 0.5) is 27.6 Å². The molecule has 0 aliphatic heterocycles. The average Bonchev–Trinajstić information content (AvgIpc) is 3.11. The standard InChI is InChI=1S/C19H19F5N4OS/c1-10(30)11-5-7-12(8-6-11)28-9-14(16(27-28)17(20)21)26-18(29)13-3-2-4-15(25-13)19(22,23)24/h2-4,9,11-12,17H,5-8H2,1H3,(H,26,29)/t11-,12-. The molecule has 1 N–H and O–H groups in total. The highest BCUT2D eigenvalue weighted by atomic mass is 32.1. The van der Waals surface area contributed by atoms with E-state index in [0.29, 0.717) is 18.8 Å². The molecule has 11 heteroatoms. The van der Waals surface area contributed by atoms with Crippen molar-refractivity contribution in [2.45, 2.75) is 51.3 Å². The first-order valence-electron chi connectivity index (χ1n) is 9.29. The molecule has 1 amide bonds. The van der Waals surface area contributed by atoms with Crippen molar-refractivity contribution < 1.29 is 26.7 Å². The van der Waals surface area contributed by atoms with Crippen molar-refractivity contribution in [1.82, 2.24) is 14.8 Å². The minimum Gasteiger partial charge on any atom is -0.318 e. The Kier molecular flexibility index (Phi) is 6.49. The number of anilines is 1. The molecule has 1 aliphatic carbocycles. The van der Waals surface area contributed by atoms with Gasteiger partial charge in [-0.2, -0.15) is 18.3 Å². The number of nitrogens with one attached hydrogen (secondary N) is 1. The third-order valence-electron chi connectivity index (χ3n) is 5.13. The summed E-state index contributed by atoms with van der Waals surface area (Å²) in [5, 5.41) is 6.15. The number of hydrogen-bond acceptors (Lipinski definition) is 4. The lowest BCUT2D eigenvalue weighted by Crippen LogP contribution is -2.21. The van der Waals surface area contributed by atoms with E-state index < -0.39 is 35.6 Å². The Labute approximate surface area is 174 Å². The summed E-state index contributed by atoms with van der Waals surface area (Å²) in [5.74, 6) is -0.713. The van der Waals surface area contributed by atoms with E-state index in [-0.39, 0.29) is 11.7 Å². The van der Waals surface area contributed by atoms with Gasteiger partial charge < -0.3 is 5.32 Å². The molecule has 3 rings (SSSR count). The van der Waals surface area contributed by atoms with Crippen molar-refractivity contribution >= 4 is 28.7 Å². The molecule has 0 bridgehead atoms. The average molecular weight is 446 g/mol. The molecular formula is C19H19F5N4OS. The van der Waals surface area contributed by atoms with Gasteiger partial charge in [0.2, 0.25) is 0 Å². The van der Waals surface area contributed by atoms with Crippen LogP contribution in [0.15, 0.2) is 24.4 Å². The molecule has 30 heavy (non-hydrogen) atoms. The summed E-state index contributed by atoms with van der Waals surface area (Å²) in [6, 6.07) is 2.70. The Morgan fingerprint density at radius 3 is 2.47 bits per heavy atom. The number of pyridine rings is 1. The number of alkyl halides is 5. The van der Waals surface area contributed by atoms with Crippen molar-refractivity contribution in [2.75, 3.05) is 5.32 Å². The molecule has 0 radical (unpaired) electrons. The van der Waals surface area contributed by atoms with Crippen LogP contribution in [0.3, 0.4) is 0 Å². The summed E-state index contributed by atoms with van der Waals surface area (Å²) >= 11 is 5.21. The molecule has 0 aromatic carbocycles. The Morgan fingerprint density at radius 2 is 1.90 bits per heavy atom. The smallest absolute Gasteiger partial charge is 0.318 e. The molecule has 1 fully saturated rings. The van der Waals surface area contributed by atoms with Gasteiger partial charge in [0.1, 0.15) is 11.4 Å². The van der Waals surface area contributed by atoms with Gasteiger partial charge >= 0.3 is 6.18 Å². The lowest BCUT2D eigenvalue weighted by Gasteiger charge is -2.28. The monoisotopic (exact) mass is 446 g/mol. The fraction of sp³-hybridized carbons (Fsp3) is 0.474. The highest BCUT2D eigenvalue weighted by Gasteiger charge is 2.33. The van der Waals surface area contributed by atoms with Crippen LogP contribution in [0.5, 0.6) is 0 Å². The van der Waals surface area contributed by atoms with Crippen molar-refractivity contribution in [1.29, 1.82) is 0 Å². The molecule has 0 unspecified atom stereocenters. The summed E-state index contributed by atoms with van der Waals surface area (Å²) in [6.07, 6.45) is -3.36. The van der Waals surface area contributed by atoms with Gasteiger partial charge in [-0.3, -0.25) is 9.48 Å². The van der Waals surface area contributed by atoms with Crippen molar-refractivity contribution in [2.24, 2.45) is 5.92 Å². The van der Waals surface area contributed by atoms with E-state index in [1.807, 2.05) is 6.92 Å². The number of aromatic nitrogens is 3. The first-order valence-corrected chi connectivity index (χ1v) is 9.70. The van der Waals surface area contributed by atoms with Crippen LogP contribution in [0, 0.1) is 5.92 Å². The van der Waals surface area contributed by atoms with Gasteiger partial charge in [0.25, 0.3) is 12.3 Å². The van der Waals surface area contributed by atoms with Crippen LogP contribution in [0.25, 0.3) is 0 Å². The van der Waals surface area contributed by atoms with E-state index in [0.717, 1.165) is 35.9 Å². The summed E-state index contributed by atoms with van der Waals surface area (Å²) in [7, 11) is 0. The van der Waals surface area contributed by atoms with Crippen molar-refractivity contribution in [3.05, 3.63) is 41.5 Å². The number of nitrogens with zero attached hydrogens (tertiary/aromatic N) is 3. The van der Waals surface area contributed by atoms with Gasteiger partial charge in [-0.25, -0.2) is 13.8 Å². The third kappa shape index (κ3) is 5.00. The van der Waals surface area contributed by atoms with Gasteiger partial charge in [-0.05, 0) is 55.5 Å². The lowest BCUT2D eigenvalue weighted by molar-refractivity contribution is -0.141. The Morgan fingerprint density at radius 1 is 1.23 bits per heavy atom. The van der Waals surface area contributed by atoms with Crippen molar-refractivity contribution in [3.8, 4) is 0 Å². The molecular weight excluding hydrogens is 427 g/mol. The Balaban J connectivity index is 1.79. The van der Waals surface area contributed by atoms with E-state index in [4.69, 9.17) is 12.2 Å². The fourth-order valence-corrected chi connectivity index (χ4v) is 3.74. The molecule has 1 saturated carbocycles. The highest BCUT2D eigenvalue weighted by Crippen LogP contribution is 2.35. The van der Waals surface area contributed by atoms with Gasteiger partial charge in [0.15, 0.2) is 5.69 Å². The van der Waals surface area contributed by atoms with Crippen LogP contribution in [-0.2, 0) is 6.18 Å². The molecule has 2 aromatic rings. The maximum atomic E-state index is 13.4. The number of halogens is 5. The predicted molar refractivity (Wildman–Crippen MR) is 104 cm³/mol. The number of carbonyl (C=O) groups excluding carboxylic acids is 1. The van der Waals surface area contributed by atoms with Crippen LogP contribution >= 0.6 is 12.2 Å². The van der Waals surface area contributed by atoms with Crippen LogP contribution in [0.1, 0.15) is 67.0 Å². The number of thiocarbonyl (C=S) groups is 1. The zero-order valence-electron chi connectivity index (χ0n) is 15.9. The van der Waals surface area contributed by atoms with Crippen LogP contribution in [-0.4, -0.2) is 25.5 Å². The minimum atomic E-state index is -4.73. The van der Waals surface area contributed by atoms with E-state index in [9.17, 15) is 26.7 Å². The second-order valence-electron chi connectivity index (χ2n) is 7.18. The molecule has 5 nitrogen and oxygen atoms in total. The second-order valence-corrected chi connectivity index (χ2v) is 7.83. The fourth-order valence-electron chi connectivity index (χ4n) is 3.50. The topological polar surface area (TPSA) is 59.8 Å². The molecule has 1 aliphatic rings. The van der Waals surface area contributed by atoms with E-state index >= 15 is 0 Å². The summed E-state index contributed by atoms with van der Waals surface area (Å²) in [6.45, 7) is 1.89. The number of hydrogen-bond donors (Lipinski definition) is 1. The maximum Gasteiger partial charge on any atom is 0.433 e. The highest BCUT2D eigenvalue weighted by molar-refractivity contribution is 7.80. The van der Waals surface area contributed by atoms with Crippen molar-refractivity contribution in [3.63, 3.8) is 0 Å². The van der Waals surface area contributed by atoms with E-state index in [1.165, 1.54) is 10.9 Å². The third-order valence-corrected chi connectivity index (χ3v) is 5.47. The zero-order valence-corrected chi connectivity index (χ0v) is 16.7. The Bertz CT molecular complexity index is 935. The number of carbonyl (C=O) groups is 1. The molecule has 0 saturated heterocycles. The Hall–Kier alpha value is -2.43. The van der Waals surface area contributed by atoms with Crippen LogP contribution < -0.4 is 5.32 Å². The largest absolute Gasteiger partial charge is 0.433 e. The van der Waals surface area contributed by atoms with Gasteiger partial charge in [-0.15, -0.1) is 0 Å². The van der Waals surface area contributed by atoms with Gasteiger partial charge in [0, 0.05) is 6.20 Å². The maximum absolute atomic E-state index is 13.4. The number of amides is 1. The second kappa shape index (κ2) is 8.75. The summed E-state index contributed by atoms with van der Waals surface area (Å²) in [4.78, 5) is 16.5. The quantitative estimate of drug-likeness (QED) is 0.479. The first-order chi connectivity index (χ1) is 14.1. The zero-order chi connectivity index (χ0) is 22.1. The molecule has 162 valence electrons. The summed E-state index contributed by atoms with van der Waals surface area (Å²) in [5.41, 5.74) is -2.66. The molecule has 0 spiro atoms. The van der Waals surface area contributed by atoms with E-state index in [2.05, 4.69) is 15.4 Å². The first kappa shape index (κ1) is 22.3.